The minimum Gasteiger partial charge on any atom is -0.373 e. The lowest BCUT2D eigenvalue weighted by Gasteiger charge is -2.25. The highest BCUT2D eigenvalue weighted by atomic mass is 16.2. The largest absolute Gasteiger partial charge is 0.373 e. The lowest BCUT2D eigenvalue weighted by atomic mass is 10.1. The van der Waals surface area contributed by atoms with Crippen molar-refractivity contribution in [2.24, 2.45) is 0 Å². The Bertz CT molecular complexity index is 856. The van der Waals surface area contributed by atoms with Crippen molar-refractivity contribution in [3.05, 3.63) is 53.5 Å². The molecule has 154 valence electrons. The molecule has 2 heterocycles. The Kier molecular flexibility index (Phi) is 6.80. The molecule has 0 spiro atoms. The van der Waals surface area contributed by atoms with E-state index in [9.17, 15) is 9.59 Å². The van der Waals surface area contributed by atoms with Gasteiger partial charge in [-0.1, -0.05) is 30.3 Å². The number of rotatable bonds is 7. The van der Waals surface area contributed by atoms with Gasteiger partial charge in [0.05, 0.1) is 18.3 Å². The molecule has 0 radical (unpaired) electrons. The number of anilines is 1. The summed E-state index contributed by atoms with van der Waals surface area (Å²) in [5.74, 6) is 1.46. The van der Waals surface area contributed by atoms with Crippen LogP contribution in [-0.4, -0.2) is 52.2 Å². The van der Waals surface area contributed by atoms with Gasteiger partial charge in [0.1, 0.15) is 5.82 Å². The Labute approximate surface area is 172 Å². The number of likely N-dealkylation sites (tertiary alicyclic amines) is 1. The van der Waals surface area contributed by atoms with E-state index in [0.717, 1.165) is 31.5 Å². The molecule has 0 saturated carbocycles. The zero-order valence-corrected chi connectivity index (χ0v) is 17.4. The van der Waals surface area contributed by atoms with Gasteiger partial charge in [-0.2, -0.15) is 0 Å². The summed E-state index contributed by atoms with van der Waals surface area (Å²) in [4.78, 5) is 37.3. The van der Waals surface area contributed by atoms with E-state index >= 15 is 0 Å². The van der Waals surface area contributed by atoms with E-state index in [2.05, 4.69) is 10.3 Å². The second kappa shape index (κ2) is 9.49. The molecule has 1 aromatic carbocycles. The predicted octanol–water partition coefficient (Wildman–Crippen LogP) is 2.79. The first-order valence-electron chi connectivity index (χ1n) is 10.1. The fraction of sp³-hybridized carbons (Fsp3) is 0.455. The third kappa shape index (κ3) is 5.31. The van der Waals surface area contributed by atoms with Gasteiger partial charge >= 0.3 is 0 Å². The number of aryl methyl sites for hydroxylation is 1. The molecule has 7 nitrogen and oxygen atoms in total. The maximum atomic E-state index is 12.9. The number of carbonyl (C=O) groups is 2. The molecule has 7 heteroatoms. The van der Waals surface area contributed by atoms with Crippen molar-refractivity contribution >= 4 is 17.6 Å². The van der Waals surface area contributed by atoms with Gasteiger partial charge in [-0.25, -0.2) is 9.97 Å². The van der Waals surface area contributed by atoms with Gasteiger partial charge in [-0.3, -0.25) is 9.59 Å². The number of hydrogen-bond donors (Lipinski definition) is 1. The van der Waals surface area contributed by atoms with Crippen LogP contribution in [0.4, 0.5) is 5.82 Å². The quantitative estimate of drug-likeness (QED) is 0.780. The molecule has 1 aliphatic heterocycles. The van der Waals surface area contributed by atoms with E-state index in [1.54, 1.807) is 11.9 Å². The standard InChI is InChI=1S/C22H29N5O2/c1-16(28)26(3)15-18-14-20(23-2)25-22(24-18)19-10-7-13-27(19)21(29)12-11-17-8-5-4-6-9-17/h4-6,8-9,14,19H,7,10-13,15H2,1-3H3,(H,23,24,25)/t19-/m1/s1. The van der Waals surface area contributed by atoms with Gasteiger partial charge in [0, 0.05) is 40.1 Å². The normalized spacial score (nSPS) is 16.0. The average molecular weight is 396 g/mol. The van der Waals surface area contributed by atoms with E-state index in [-0.39, 0.29) is 17.9 Å². The third-order valence-corrected chi connectivity index (χ3v) is 5.33. The Morgan fingerprint density at radius 2 is 2.00 bits per heavy atom. The second-order valence-corrected chi connectivity index (χ2v) is 7.46. The zero-order chi connectivity index (χ0) is 20.8. The molecule has 1 aromatic heterocycles. The Balaban J connectivity index is 1.75. The van der Waals surface area contributed by atoms with Crippen LogP contribution in [0, 0.1) is 0 Å². The highest BCUT2D eigenvalue weighted by Gasteiger charge is 2.32. The summed E-state index contributed by atoms with van der Waals surface area (Å²) in [5.41, 5.74) is 1.93. The Hall–Kier alpha value is -2.96. The van der Waals surface area contributed by atoms with Crippen LogP contribution in [0.2, 0.25) is 0 Å². The van der Waals surface area contributed by atoms with Crippen molar-refractivity contribution in [2.45, 2.75) is 45.2 Å². The number of hydrogen-bond acceptors (Lipinski definition) is 5. The van der Waals surface area contributed by atoms with Gasteiger partial charge in [0.2, 0.25) is 11.8 Å². The topological polar surface area (TPSA) is 78.4 Å². The first-order chi connectivity index (χ1) is 14.0. The van der Waals surface area contributed by atoms with Gasteiger partial charge in [-0.15, -0.1) is 0 Å². The van der Waals surface area contributed by atoms with E-state index in [1.807, 2.05) is 48.3 Å². The van der Waals surface area contributed by atoms with Crippen molar-refractivity contribution in [3.63, 3.8) is 0 Å². The third-order valence-electron chi connectivity index (χ3n) is 5.33. The maximum absolute atomic E-state index is 12.9. The lowest BCUT2D eigenvalue weighted by Crippen LogP contribution is -2.32. The monoisotopic (exact) mass is 395 g/mol. The SMILES string of the molecule is CNc1cc(CN(C)C(C)=O)nc([C@H]2CCCN2C(=O)CCc2ccccc2)n1. The number of benzene rings is 1. The molecule has 1 saturated heterocycles. The molecule has 2 amide bonds. The predicted molar refractivity (Wildman–Crippen MR) is 112 cm³/mol. The van der Waals surface area contributed by atoms with Crippen molar-refractivity contribution in [3.8, 4) is 0 Å². The number of nitrogens with one attached hydrogen (secondary N) is 1. The van der Waals surface area contributed by atoms with Gasteiger partial charge in [0.25, 0.3) is 0 Å². The average Bonchev–Trinajstić information content (AvgIpc) is 3.22. The molecular weight excluding hydrogens is 366 g/mol. The molecule has 1 N–H and O–H groups in total. The summed E-state index contributed by atoms with van der Waals surface area (Å²) in [5, 5.41) is 3.07. The van der Waals surface area contributed by atoms with E-state index in [1.165, 1.54) is 12.5 Å². The van der Waals surface area contributed by atoms with Crippen molar-refractivity contribution < 1.29 is 9.59 Å². The summed E-state index contributed by atoms with van der Waals surface area (Å²) in [6.45, 7) is 2.67. The van der Waals surface area contributed by atoms with Crippen LogP contribution in [0.1, 0.15) is 49.3 Å². The minimum absolute atomic E-state index is 0.0187. The molecule has 0 unspecified atom stereocenters. The van der Waals surface area contributed by atoms with Crippen LogP contribution in [0.25, 0.3) is 0 Å². The van der Waals surface area contributed by atoms with Gasteiger partial charge < -0.3 is 15.1 Å². The van der Waals surface area contributed by atoms with Gasteiger partial charge in [0.15, 0.2) is 5.82 Å². The maximum Gasteiger partial charge on any atom is 0.223 e. The van der Waals surface area contributed by atoms with Crippen molar-refractivity contribution in [1.29, 1.82) is 0 Å². The number of aromatic nitrogens is 2. The first kappa shape index (κ1) is 20.8. The molecule has 29 heavy (non-hydrogen) atoms. The Morgan fingerprint density at radius 3 is 2.69 bits per heavy atom. The molecule has 3 rings (SSSR count). The fourth-order valence-electron chi connectivity index (χ4n) is 3.60. The molecule has 1 aliphatic rings. The summed E-state index contributed by atoms with van der Waals surface area (Å²) in [7, 11) is 3.56. The molecule has 0 aliphatic carbocycles. The molecule has 0 bridgehead atoms. The van der Waals surface area contributed by atoms with Crippen molar-refractivity contribution in [1.82, 2.24) is 19.8 Å². The van der Waals surface area contributed by atoms with E-state index < -0.39 is 0 Å². The van der Waals surface area contributed by atoms with Crippen LogP contribution in [0.5, 0.6) is 0 Å². The van der Waals surface area contributed by atoms with E-state index in [4.69, 9.17) is 4.98 Å². The van der Waals surface area contributed by atoms with E-state index in [0.29, 0.717) is 24.6 Å². The molecule has 1 atom stereocenters. The van der Waals surface area contributed by atoms with Crippen LogP contribution in [0.3, 0.4) is 0 Å². The lowest BCUT2D eigenvalue weighted by molar-refractivity contribution is -0.132. The minimum atomic E-state index is -0.118. The summed E-state index contributed by atoms with van der Waals surface area (Å²) in [6.07, 6.45) is 3.00. The van der Waals surface area contributed by atoms with Crippen LogP contribution in [0.15, 0.2) is 36.4 Å². The number of nitrogens with zero attached hydrogens (tertiary/aromatic N) is 4. The molecule has 1 fully saturated rings. The van der Waals surface area contributed by atoms with Crippen LogP contribution >= 0.6 is 0 Å². The zero-order valence-electron chi connectivity index (χ0n) is 17.4. The van der Waals surface area contributed by atoms with Gasteiger partial charge in [-0.05, 0) is 24.8 Å². The highest BCUT2D eigenvalue weighted by molar-refractivity contribution is 5.77. The Morgan fingerprint density at radius 1 is 1.24 bits per heavy atom. The van der Waals surface area contributed by atoms with Crippen LogP contribution < -0.4 is 5.32 Å². The second-order valence-electron chi connectivity index (χ2n) is 7.46. The van der Waals surface area contributed by atoms with Crippen LogP contribution in [-0.2, 0) is 22.6 Å². The molecule has 2 aromatic rings. The fourth-order valence-corrected chi connectivity index (χ4v) is 3.60. The van der Waals surface area contributed by atoms with Crippen molar-refractivity contribution in [2.75, 3.05) is 26.0 Å². The summed E-state index contributed by atoms with van der Waals surface area (Å²) < 4.78 is 0. The summed E-state index contributed by atoms with van der Waals surface area (Å²) in [6, 6.07) is 11.8. The first-order valence-corrected chi connectivity index (χ1v) is 10.1. The summed E-state index contributed by atoms with van der Waals surface area (Å²) >= 11 is 0. The number of amides is 2. The highest BCUT2D eigenvalue weighted by Crippen LogP contribution is 2.31. The molecular formula is C22H29N5O2. The number of carbonyl (C=O) groups excluding carboxylic acids is 2. The smallest absolute Gasteiger partial charge is 0.223 e.